The number of fused-ring (bicyclic) bond motifs is 9. The third-order valence-electron chi connectivity index (χ3n) is 10.3. The summed E-state index contributed by atoms with van der Waals surface area (Å²) < 4.78 is 14.8. The number of rotatable bonds is 5. The van der Waals surface area contributed by atoms with Crippen LogP contribution in [0.4, 0.5) is 17.1 Å². The minimum Gasteiger partial charge on any atom is -0.456 e. The first-order valence-corrected chi connectivity index (χ1v) is 18.3. The molecule has 0 fully saturated rings. The Morgan fingerprint density at radius 3 is 1.54 bits per heavy atom. The highest BCUT2D eigenvalue weighted by Crippen LogP contribution is 2.42. The zero-order chi connectivity index (χ0) is 34.2. The van der Waals surface area contributed by atoms with Crippen LogP contribution >= 0.6 is 11.3 Å². The molecule has 0 aliphatic heterocycles. The molecule has 3 nitrogen and oxygen atoms in total. The fourth-order valence-electron chi connectivity index (χ4n) is 7.74. The van der Waals surface area contributed by atoms with E-state index < -0.39 is 0 Å². The quantitative estimate of drug-likeness (QED) is 0.181. The number of anilines is 3. The van der Waals surface area contributed by atoms with E-state index in [9.17, 15) is 0 Å². The van der Waals surface area contributed by atoms with E-state index in [1.165, 1.54) is 20.2 Å². The van der Waals surface area contributed by atoms with Crippen molar-refractivity contribution in [3.05, 3.63) is 176 Å². The highest BCUT2D eigenvalue weighted by molar-refractivity contribution is 7.25. The van der Waals surface area contributed by atoms with Gasteiger partial charge < -0.3 is 13.7 Å². The number of nitrogens with zero attached hydrogens (tertiary/aromatic N) is 1. The van der Waals surface area contributed by atoms with E-state index in [4.69, 9.17) is 8.83 Å². The van der Waals surface area contributed by atoms with Gasteiger partial charge in [0.05, 0.1) is 0 Å². The van der Waals surface area contributed by atoms with E-state index in [0.29, 0.717) is 0 Å². The zero-order valence-electron chi connectivity index (χ0n) is 27.9. The number of furan rings is 2. The second-order valence-electron chi connectivity index (χ2n) is 13.3. The summed E-state index contributed by atoms with van der Waals surface area (Å²) in [5, 5.41) is 7.12. The van der Waals surface area contributed by atoms with E-state index in [1.54, 1.807) is 0 Å². The van der Waals surface area contributed by atoms with Crippen LogP contribution in [0.3, 0.4) is 0 Å². The average Bonchev–Trinajstić information content (AvgIpc) is 3.89. The van der Waals surface area contributed by atoms with Crippen LogP contribution in [0.2, 0.25) is 0 Å². The molecule has 4 heteroatoms. The maximum absolute atomic E-state index is 6.14. The van der Waals surface area contributed by atoms with Crippen molar-refractivity contribution in [2.24, 2.45) is 0 Å². The number of para-hydroxylation sites is 2. The molecule has 0 saturated carbocycles. The maximum atomic E-state index is 6.14. The molecule has 3 aromatic heterocycles. The Morgan fingerprint density at radius 2 is 0.827 bits per heavy atom. The molecule has 0 spiro atoms. The number of thiophene rings is 1. The van der Waals surface area contributed by atoms with Gasteiger partial charge in [-0.3, -0.25) is 0 Å². The smallest absolute Gasteiger partial charge is 0.135 e. The summed E-state index contributed by atoms with van der Waals surface area (Å²) in [6.07, 6.45) is 0. The van der Waals surface area contributed by atoms with Crippen molar-refractivity contribution in [3.8, 4) is 22.3 Å². The average molecular weight is 684 g/mol. The summed E-state index contributed by atoms with van der Waals surface area (Å²) in [4.78, 5) is 2.37. The first kappa shape index (κ1) is 29.1. The fourth-order valence-corrected chi connectivity index (χ4v) is 8.88. The molecule has 0 amide bonds. The molecule has 0 aliphatic carbocycles. The minimum absolute atomic E-state index is 0.902. The summed E-state index contributed by atoms with van der Waals surface area (Å²) in [5.41, 5.74) is 11.5. The second kappa shape index (κ2) is 11.5. The van der Waals surface area contributed by atoms with Crippen LogP contribution in [-0.4, -0.2) is 0 Å². The van der Waals surface area contributed by atoms with Gasteiger partial charge in [-0.2, -0.15) is 0 Å². The van der Waals surface area contributed by atoms with Gasteiger partial charge in [0, 0.05) is 58.8 Å². The van der Waals surface area contributed by atoms with E-state index in [-0.39, 0.29) is 0 Å². The van der Waals surface area contributed by atoms with Gasteiger partial charge in [-0.25, -0.2) is 0 Å². The standard InChI is InChI=1S/C48H29NO2S/c1-4-13-43-37(10-1)41-27-32(18-24-45(41)50-43)30-16-20-34(21-17-30)49(36-22-23-40-39-12-3-6-15-47(39)52-48(40)29-36)35-9-7-8-31(26-35)33-19-25-46-42(28-33)38-11-2-5-14-44(38)51-46/h1-29H. The molecule has 3 heterocycles. The highest BCUT2D eigenvalue weighted by Gasteiger charge is 2.17. The van der Waals surface area contributed by atoms with Gasteiger partial charge in [0.2, 0.25) is 0 Å². The number of hydrogen-bond acceptors (Lipinski definition) is 4. The van der Waals surface area contributed by atoms with Crippen molar-refractivity contribution in [2.45, 2.75) is 0 Å². The Morgan fingerprint density at radius 1 is 0.308 bits per heavy atom. The summed E-state index contributed by atoms with van der Waals surface area (Å²) in [6, 6.07) is 62.8. The second-order valence-corrected chi connectivity index (χ2v) is 14.4. The molecule has 0 unspecified atom stereocenters. The van der Waals surface area contributed by atoms with Crippen LogP contribution in [0, 0.1) is 0 Å². The molecule has 244 valence electrons. The van der Waals surface area contributed by atoms with Gasteiger partial charge in [0.1, 0.15) is 22.3 Å². The van der Waals surface area contributed by atoms with E-state index in [0.717, 1.165) is 83.2 Å². The molecule has 0 N–H and O–H groups in total. The number of benzene rings is 8. The Labute approximate surface area is 303 Å². The van der Waals surface area contributed by atoms with Crippen molar-refractivity contribution in [2.75, 3.05) is 4.90 Å². The molecular weight excluding hydrogens is 655 g/mol. The molecule has 52 heavy (non-hydrogen) atoms. The predicted octanol–water partition coefficient (Wildman–Crippen LogP) is 14.7. The highest BCUT2D eigenvalue weighted by atomic mass is 32.1. The lowest BCUT2D eigenvalue weighted by Crippen LogP contribution is -2.09. The lowest BCUT2D eigenvalue weighted by Gasteiger charge is -2.26. The molecule has 8 aromatic carbocycles. The van der Waals surface area contributed by atoms with E-state index in [1.807, 2.05) is 35.6 Å². The first-order chi connectivity index (χ1) is 25.7. The molecule has 0 bridgehead atoms. The van der Waals surface area contributed by atoms with Crippen LogP contribution < -0.4 is 4.90 Å². The number of hydrogen-bond donors (Lipinski definition) is 0. The molecule has 0 atom stereocenters. The Bertz CT molecular complexity index is 3150. The lowest BCUT2D eigenvalue weighted by molar-refractivity contribution is 0.668. The molecule has 11 aromatic rings. The zero-order valence-corrected chi connectivity index (χ0v) is 28.7. The van der Waals surface area contributed by atoms with Crippen molar-refractivity contribution >= 4 is 92.4 Å². The third-order valence-corrected chi connectivity index (χ3v) is 11.4. The van der Waals surface area contributed by atoms with Crippen molar-refractivity contribution in [1.29, 1.82) is 0 Å². The van der Waals surface area contributed by atoms with Gasteiger partial charge in [-0.15, -0.1) is 11.3 Å². The predicted molar refractivity (Wildman–Crippen MR) is 219 cm³/mol. The molecule has 0 saturated heterocycles. The van der Waals surface area contributed by atoms with E-state index in [2.05, 4.69) is 157 Å². The molecule has 11 rings (SSSR count). The topological polar surface area (TPSA) is 29.5 Å². The minimum atomic E-state index is 0.902. The van der Waals surface area contributed by atoms with Crippen LogP contribution in [0.1, 0.15) is 0 Å². The largest absolute Gasteiger partial charge is 0.456 e. The van der Waals surface area contributed by atoms with Crippen LogP contribution in [-0.2, 0) is 0 Å². The Balaban J connectivity index is 1.04. The maximum Gasteiger partial charge on any atom is 0.135 e. The van der Waals surface area contributed by atoms with Crippen LogP contribution in [0.5, 0.6) is 0 Å². The normalized spacial score (nSPS) is 11.8. The summed E-state index contributed by atoms with van der Waals surface area (Å²) in [5.74, 6) is 0. The lowest BCUT2D eigenvalue weighted by atomic mass is 10.0. The third kappa shape index (κ3) is 4.65. The first-order valence-electron chi connectivity index (χ1n) is 17.5. The monoisotopic (exact) mass is 683 g/mol. The summed E-state index contributed by atoms with van der Waals surface area (Å²) >= 11 is 1.85. The SMILES string of the molecule is c1cc(-c2ccc3oc4ccccc4c3c2)cc(N(c2ccc(-c3ccc4oc5ccccc5c4c3)cc2)c2ccc3c(c2)sc2ccccc23)c1. The summed E-state index contributed by atoms with van der Waals surface area (Å²) in [7, 11) is 0. The fraction of sp³-hybridized carbons (Fsp3) is 0. The Kier molecular flexibility index (Phi) is 6.42. The van der Waals surface area contributed by atoms with Gasteiger partial charge in [-0.05, 0) is 101 Å². The van der Waals surface area contributed by atoms with Crippen molar-refractivity contribution in [1.82, 2.24) is 0 Å². The summed E-state index contributed by atoms with van der Waals surface area (Å²) in [6.45, 7) is 0. The molecular formula is C48H29NO2S. The van der Waals surface area contributed by atoms with Gasteiger partial charge >= 0.3 is 0 Å². The van der Waals surface area contributed by atoms with Gasteiger partial charge in [0.25, 0.3) is 0 Å². The molecule has 0 radical (unpaired) electrons. The van der Waals surface area contributed by atoms with Crippen molar-refractivity contribution in [3.63, 3.8) is 0 Å². The van der Waals surface area contributed by atoms with Crippen LogP contribution in [0.15, 0.2) is 185 Å². The Hall–Kier alpha value is -6.62. The van der Waals surface area contributed by atoms with Gasteiger partial charge in [-0.1, -0.05) is 97.1 Å². The van der Waals surface area contributed by atoms with E-state index >= 15 is 0 Å². The van der Waals surface area contributed by atoms with Gasteiger partial charge in [0.15, 0.2) is 0 Å². The molecule has 0 aliphatic rings. The van der Waals surface area contributed by atoms with Crippen LogP contribution in [0.25, 0.3) is 86.3 Å². The van der Waals surface area contributed by atoms with Crippen molar-refractivity contribution < 1.29 is 8.83 Å².